The van der Waals surface area contributed by atoms with Crippen molar-refractivity contribution in [1.29, 1.82) is 0 Å². The van der Waals surface area contributed by atoms with E-state index in [1.807, 2.05) is 0 Å². The molecule has 20 heavy (non-hydrogen) atoms. The Balaban J connectivity index is 2.34. The summed E-state index contributed by atoms with van der Waals surface area (Å²) >= 11 is 0. The Bertz CT molecular complexity index is 346. The molecule has 1 fully saturated rings. The number of rotatable bonds is 5. The van der Waals surface area contributed by atoms with Crippen molar-refractivity contribution in [2.45, 2.75) is 38.8 Å². The van der Waals surface area contributed by atoms with E-state index in [-0.39, 0.29) is 18.5 Å². The average molecular weight is 287 g/mol. The molecule has 1 saturated heterocycles. The molecule has 116 valence electrons. The molecule has 0 aromatic rings. The van der Waals surface area contributed by atoms with Gasteiger partial charge in [0.15, 0.2) is 0 Å². The molecule has 1 rings (SSSR count). The van der Waals surface area contributed by atoms with E-state index in [4.69, 9.17) is 5.11 Å². The number of β-amino-alcohol motifs (C(OH)–C–C–N with tert-alkyl or cyclic N) is 1. The zero-order chi connectivity index (χ0) is 15.3. The molecule has 1 atom stereocenters. The van der Waals surface area contributed by atoms with Crippen LogP contribution in [-0.4, -0.2) is 76.4 Å². The lowest BCUT2D eigenvalue weighted by Gasteiger charge is -2.37. The second-order valence-corrected chi connectivity index (χ2v) is 6.02. The first kappa shape index (κ1) is 16.7. The molecule has 0 aromatic carbocycles. The molecule has 0 aromatic heterocycles. The minimum atomic E-state index is -0.923. The predicted molar refractivity (Wildman–Crippen MR) is 74.6 cm³/mol. The number of piperazine rings is 1. The average Bonchev–Trinajstić information content (AvgIpc) is 2.26. The van der Waals surface area contributed by atoms with Crippen LogP contribution in [0.1, 0.15) is 27.2 Å². The molecule has 0 saturated carbocycles. The van der Waals surface area contributed by atoms with Gasteiger partial charge in [0, 0.05) is 38.8 Å². The van der Waals surface area contributed by atoms with Gasteiger partial charge in [-0.3, -0.25) is 9.69 Å². The van der Waals surface area contributed by atoms with Gasteiger partial charge in [0.25, 0.3) is 0 Å². The van der Waals surface area contributed by atoms with E-state index in [0.29, 0.717) is 32.7 Å². The third-order valence-electron chi connectivity index (χ3n) is 3.12. The summed E-state index contributed by atoms with van der Waals surface area (Å²) in [7, 11) is 0. The fourth-order valence-corrected chi connectivity index (χ4v) is 2.27. The Kier molecular flexibility index (Phi) is 5.76. The highest BCUT2D eigenvalue weighted by molar-refractivity contribution is 5.76. The lowest BCUT2D eigenvalue weighted by atomic mass is 10.1. The summed E-state index contributed by atoms with van der Waals surface area (Å²) in [5.41, 5.74) is -0.736. The van der Waals surface area contributed by atoms with Gasteiger partial charge in [-0.2, -0.15) is 0 Å². The number of aliphatic carboxylic acids is 1. The van der Waals surface area contributed by atoms with Gasteiger partial charge in [0.2, 0.25) is 0 Å². The third-order valence-corrected chi connectivity index (χ3v) is 3.12. The Morgan fingerprint density at radius 3 is 2.25 bits per heavy atom. The van der Waals surface area contributed by atoms with Gasteiger partial charge in [0.1, 0.15) is 0 Å². The number of carboxylic acid groups (broad SMARTS) is 1. The first-order valence-electron chi connectivity index (χ1n) is 6.89. The number of amides is 2. The van der Waals surface area contributed by atoms with Crippen LogP contribution in [0, 0.1) is 0 Å². The minimum Gasteiger partial charge on any atom is -0.481 e. The molecule has 0 radical (unpaired) electrons. The van der Waals surface area contributed by atoms with Crippen LogP contribution >= 0.6 is 0 Å². The van der Waals surface area contributed by atoms with Gasteiger partial charge >= 0.3 is 12.0 Å². The molecular formula is C13H25N3O4. The Morgan fingerprint density at radius 1 is 1.25 bits per heavy atom. The molecule has 7 heteroatoms. The van der Waals surface area contributed by atoms with Crippen molar-refractivity contribution in [1.82, 2.24) is 15.1 Å². The number of carbonyl (C=O) groups is 2. The van der Waals surface area contributed by atoms with Gasteiger partial charge in [-0.05, 0) is 20.8 Å². The number of nitrogens with one attached hydrogen (secondary N) is 1. The number of hydrogen-bond acceptors (Lipinski definition) is 4. The van der Waals surface area contributed by atoms with E-state index in [1.165, 1.54) is 0 Å². The molecule has 0 bridgehead atoms. The number of hydrogen-bond donors (Lipinski definition) is 3. The Morgan fingerprint density at radius 2 is 1.80 bits per heavy atom. The van der Waals surface area contributed by atoms with Crippen molar-refractivity contribution >= 4 is 12.0 Å². The van der Waals surface area contributed by atoms with Crippen molar-refractivity contribution in [3.05, 3.63) is 0 Å². The van der Waals surface area contributed by atoms with Crippen molar-refractivity contribution in [3.63, 3.8) is 0 Å². The SMILES string of the molecule is CC(CC(=O)O)NC(=O)N1CCN(CC(C)(C)O)CC1. The maximum Gasteiger partial charge on any atom is 0.317 e. The summed E-state index contributed by atoms with van der Waals surface area (Å²) in [4.78, 5) is 26.3. The van der Waals surface area contributed by atoms with Gasteiger partial charge in [-0.1, -0.05) is 0 Å². The highest BCUT2D eigenvalue weighted by Gasteiger charge is 2.25. The highest BCUT2D eigenvalue weighted by Crippen LogP contribution is 2.09. The van der Waals surface area contributed by atoms with Crippen LogP contribution in [0.5, 0.6) is 0 Å². The second-order valence-electron chi connectivity index (χ2n) is 6.02. The molecule has 1 aliphatic rings. The van der Waals surface area contributed by atoms with Crippen LogP contribution in [0.4, 0.5) is 4.79 Å². The second kappa shape index (κ2) is 6.90. The quantitative estimate of drug-likeness (QED) is 0.659. The van der Waals surface area contributed by atoms with Gasteiger partial charge in [-0.15, -0.1) is 0 Å². The minimum absolute atomic E-state index is 0.0790. The van der Waals surface area contributed by atoms with E-state index in [9.17, 15) is 14.7 Å². The van der Waals surface area contributed by atoms with Crippen LogP contribution in [0.3, 0.4) is 0 Å². The summed E-state index contributed by atoms with van der Waals surface area (Å²) < 4.78 is 0. The standard InChI is InChI=1S/C13H25N3O4/c1-10(8-11(17)18)14-12(19)16-6-4-15(5-7-16)9-13(2,3)20/h10,20H,4-9H2,1-3H3,(H,14,19)(H,17,18). The van der Waals surface area contributed by atoms with Crippen LogP contribution in [0.2, 0.25) is 0 Å². The van der Waals surface area contributed by atoms with Crippen LogP contribution in [0.15, 0.2) is 0 Å². The van der Waals surface area contributed by atoms with E-state index < -0.39 is 11.6 Å². The normalized spacial score (nSPS) is 18.7. The van der Waals surface area contributed by atoms with Crippen molar-refractivity contribution in [3.8, 4) is 0 Å². The van der Waals surface area contributed by atoms with Crippen molar-refractivity contribution < 1.29 is 19.8 Å². The molecule has 2 amide bonds. The molecule has 7 nitrogen and oxygen atoms in total. The molecular weight excluding hydrogens is 262 g/mol. The Labute approximate surface area is 119 Å². The van der Waals surface area contributed by atoms with E-state index in [2.05, 4.69) is 10.2 Å². The van der Waals surface area contributed by atoms with Crippen LogP contribution in [0.25, 0.3) is 0 Å². The molecule has 3 N–H and O–H groups in total. The largest absolute Gasteiger partial charge is 0.481 e. The molecule has 1 aliphatic heterocycles. The third kappa shape index (κ3) is 6.21. The zero-order valence-corrected chi connectivity index (χ0v) is 12.4. The summed E-state index contributed by atoms with van der Waals surface area (Å²) in [6.07, 6.45) is -0.0790. The lowest BCUT2D eigenvalue weighted by molar-refractivity contribution is -0.137. The van der Waals surface area contributed by atoms with Crippen LogP contribution in [-0.2, 0) is 4.79 Å². The highest BCUT2D eigenvalue weighted by atomic mass is 16.4. The summed E-state index contributed by atoms with van der Waals surface area (Å²) in [6, 6.07) is -0.601. The van der Waals surface area contributed by atoms with Gasteiger partial charge in [0.05, 0.1) is 12.0 Å². The summed E-state index contributed by atoms with van der Waals surface area (Å²) in [5.74, 6) is -0.923. The zero-order valence-electron chi connectivity index (χ0n) is 12.4. The Hall–Kier alpha value is -1.34. The fourth-order valence-electron chi connectivity index (χ4n) is 2.27. The predicted octanol–water partition coefficient (Wildman–Crippen LogP) is -0.0523. The topological polar surface area (TPSA) is 93.1 Å². The molecule has 0 spiro atoms. The molecule has 0 aliphatic carbocycles. The maximum atomic E-state index is 11.9. The smallest absolute Gasteiger partial charge is 0.317 e. The monoisotopic (exact) mass is 287 g/mol. The molecule has 1 unspecified atom stereocenters. The van der Waals surface area contributed by atoms with Crippen molar-refractivity contribution in [2.75, 3.05) is 32.7 Å². The van der Waals surface area contributed by atoms with E-state index in [1.54, 1.807) is 25.7 Å². The lowest BCUT2D eigenvalue weighted by Crippen LogP contribution is -2.55. The van der Waals surface area contributed by atoms with Gasteiger partial charge in [-0.25, -0.2) is 4.79 Å². The number of carbonyl (C=O) groups excluding carboxylic acids is 1. The van der Waals surface area contributed by atoms with E-state index >= 15 is 0 Å². The summed E-state index contributed by atoms with van der Waals surface area (Å²) in [6.45, 7) is 8.38. The summed E-state index contributed by atoms with van der Waals surface area (Å²) in [5, 5.41) is 21.1. The number of urea groups is 1. The number of nitrogens with zero attached hydrogens (tertiary/aromatic N) is 2. The van der Waals surface area contributed by atoms with Gasteiger partial charge < -0.3 is 20.4 Å². The maximum absolute atomic E-state index is 11.9. The molecule has 1 heterocycles. The van der Waals surface area contributed by atoms with E-state index in [0.717, 1.165) is 0 Å². The number of carboxylic acids is 1. The first-order valence-corrected chi connectivity index (χ1v) is 6.89. The fraction of sp³-hybridized carbons (Fsp3) is 0.846. The first-order chi connectivity index (χ1) is 9.17. The van der Waals surface area contributed by atoms with Crippen molar-refractivity contribution in [2.24, 2.45) is 0 Å². The van der Waals surface area contributed by atoms with Crippen LogP contribution < -0.4 is 5.32 Å². The number of aliphatic hydroxyl groups is 1.